The summed E-state index contributed by atoms with van der Waals surface area (Å²) in [6, 6.07) is 11.6. The van der Waals surface area contributed by atoms with Crippen molar-refractivity contribution in [2.24, 2.45) is 24.8 Å². The van der Waals surface area contributed by atoms with Crippen molar-refractivity contribution in [2.45, 2.75) is 62.1 Å². The first-order valence-corrected chi connectivity index (χ1v) is 15.4. The number of aromatic nitrogens is 2. The molecule has 2 aliphatic carbocycles. The number of carbonyl (C=O) groups excluding carboxylic acids is 1. The molecule has 1 aromatic carbocycles. The molecule has 0 bridgehead atoms. The summed E-state index contributed by atoms with van der Waals surface area (Å²) in [6.45, 7) is 3.38. The zero-order valence-electron chi connectivity index (χ0n) is 22.1. The molecule has 1 aromatic heterocycles. The van der Waals surface area contributed by atoms with Crippen LogP contribution < -0.4 is 0 Å². The van der Waals surface area contributed by atoms with E-state index in [1.165, 1.54) is 4.68 Å². The third-order valence-corrected chi connectivity index (χ3v) is 10.7. The van der Waals surface area contributed by atoms with Crippen molar-refractivity contribution in [3.05, 3.63) is 47.7 Å². The van der Waals surface area contributed by atoms with E-state index in [0.29, 0.717) is 36.5 Å². The van der Waals surface area contributed by atoms with Crippen LogP contribution in [0.3, 0.4) is 0 Å². The fourth-order valence-electron chi connectivity index (χ4n) is 6.48. The zero-order chi connectivity index (χ0) is 26.3. The van der Waals surface area contributed by atoms with E-state index in [4.69, 9.17) is 9.47 Å². The van der Waals surface area contributed by atoms with E-state index < -0.39 is 10.0 Å². The highest BCUT2D eigenvalue weighted by molar-refractivity contribution is 7.89. The second-order valence-electron chi connectivity index (χ2n) is 11.5. The van der Waals surface area contributed by atoms with Gasteiger partial charge < -0.3 is 14.4 Å². The molecule has 2 saturated heterocycles. The largest absolute Gasteiger partial charge is 0.445 e. The number of sulfonamides is 1. The third kappa shape index (κ3) is 5.35. The Kier molecular flexibility index (Phi) is 7.22. The van der Waals surface area contributed by atoms with Gasteiger partial charge in [-0.15, -0.1) is 0 Å². The van der Waals surface area contributed by atoms with Crippen LogP contribution in [0.4, 0.5) is 4.79 Å². The maximum atomic E-state index is 13.5. The molecule has 1 unspecified atom stereocenters. The molecule has 4 aliphatic rings. The van der Waals surface area contributed by atoms with Crippen molar-refractivity contribution in [1.29, 1.82) is 0 Å². The first-order chi connectivity index (χ1) is 18.4. The molecule has 0 N–H and O–H groups in total. The van der Waals surface area contributed by atoms with Crippen molar-refractivity contribution in [1.82, 2.24) is 19.0 Å². The summed E-state index contributed by atoms with van der Waals surface area (Å²) in [5.41, 5.74) is 1.86. The lowest BCUT2D eigenvalue weighted by molar-refractivity contribution is 0.0351. The second-order valence-corrected chi connectivity index (χ2v) is 13.4. The summed E-state index contributed by atoms with van der Waals surface area (Å²) < 4.78 is 41.5. The van der Waals surface area contributed by atoms with Gasteiger partial charge in [0, 0.05) is 57.9 Å². The van der Waals surface area contributed by atoms with Crippen LogP contribution in [0.1, 0.15) is 55.7 Å². The predicted octanol–water partition coefficient (Wildman–Crippen LogP) is 3.76. The number of nitrogens with zero attached hydrogens (tertiary/aromatic N) is 4. The summed E-state index contributed by atoms with van der Waals surface area (Å²) in [7, 11) is -1.87. The molecule has 2 saturated carbocycles. The normalized spacial score (nSPS) is 26.4. The van der Waals surface area contributed by atoms with E-state index >= 15 is 0 Å². The van der Waals surface area contributed by atoms with Crippen LogP contribution >= 0.6 is 0 Å². The van der Waals surface area contributed by atoms with Gasteiger partial charge in [-0.25, -0.2) is 13.2 Å². The van der Waals surface area contributed by atoms with Crippen LogP contribution in [-0.4, -0.2) is 72.4 Å². The number of carbonyl (C=O) groups is 1. The molecule has 2 aliphatic heterocycles. The van der Waals surface area contributed by atoms with Gasteiger partial charge in [-0.1, -0.05) is 30.3 Å². The smallest absolute Gasteiger partial charge is 0.410 e. The minimum absolute atomic E-state index is 0.0687. The van der Waals surface area contributed by atoms with Crippen LogP contribution in [0.2, 0.25) is 0 Å². The molecule has 2 aromatic rings. The number of amides is 1. The van der Waals surface area contributed by atoms with Crippen LogP contribution in [0.5, 0.6) is 0 Å². The zero-order valence-corrected chi connectivity index (χ0v) is 22.9. The van der Waals surface area contributed by atoms with E-state index in [9.17, 15) is 13.2 Å². The quantitative estimate of drug-likeness (QED) is 0.504. The van der Waals surface area contributed by atoms with Gasteiger partial charge in [-0.05, 0) is 61.8 Å². The van der Waals surface area contributed by atoms with Gasteiger partial charge in [0.2, 0.25) is 0 Å². The van der Waals surface area contributed by atoms with E-state index in [2.05, 4.69) is 5.10 Å². The van der Waals surface area contributed by atoms with Crippen LogP contribution in [0.15, 0.2) is 41.4 Å². The summed E-state index contributed by atoms with van der Waals surface area (Å²) in [5.74, 6) is 1.29. The number of aryl methyl sites for hydroxylation is 1. The average molecular weight is 543 g/mol. The Labute approximate surface area is 225 Å². The number of ether oxygens (including phenoxy) is 2. The number of hydrogen-bond donors (Lipinski definition) is 0. The summed E-state index contributed by atoms with van der Waals surface area (Å²) in [6.07, 6.45) is 5.41. The van der Waals surface area contributed by atoms with Crippen LogP contribution in [-0.2, 0) is 33.2 Å². The van der Waals surface area contributed by atoms with E-state index in [1.807, 2.05) is 35.2 Å². The highest BCUT2D eigenvalue weighted by Crippen LogP contribution is 2.44. The van der Waals surface area contributed by atoms with E-state index in [-0.39, 0.29) is 30.6 Å². The highest BCUT2D eigenvalue weighted by atomic mass is 32.2. The Bertz CT molecular complexity index is 1230. The molecule has 10 heteroatoms. The Hall–Kier alpha value is -2.43. The lowest BCUT2D eigenvalue weighted by Crippen LogP contribution is -2.44. The number of rotatable bonds is 8. The highest BCUT2D eigenvalue weighted by Gasteiger charge is 2.48. The molecule has 3 heterocycles. The van der Waals surface area contributed by atoms with E-state index in [1.54, 1.807) is 17.4 Å². The molecule has 0 radical (unpaired) electrons. The third-order valence-electron chi connectivity index (χ3n) is 8.82. The molecule has 1 amide bonds. The van der Waals surface area contributed by atoms with Gasteiger partial charge in [0.1, 0.15) is 6.61 Å². The molecule has 206 valence electrons. The summed E-state index contributed by atoms with van der Waals surface area (Å²) in [5, 5.41) is 4.77. The Morgan fingerprint density at radius 1 is 1.08 bits per heavy atom. The number of benzene rings is 1. The molecule has 6 rings (SSSR count). The Balaban J connectivity index is 1.12. The van der Waals surface area contributed by atoms with Gasteiger partial charge in [-0.3, -0.25) is 4.68 Å². The standard InChI is InChI=1S/C28H38N4O5S/c1-30-27(15-26(29-30)22-7-8-22)38(34,35)31-17-23-13-25(14-24(23)18-31)32(16-20-9-11-36-12-10-20)28(33)37-19-21-5-3-2-4-6-21/h2-6,15,20,22-25H,7-14,16-19H2,1H3/t23-,24+,25?. The van der Waals surface area contributed by atoms with Crippen molar-refractivity contribution >= 4 is 16.1 Å². The molecule has 3 atom stereocenters. The lowest BCUT2D eigenvalue weighted by atomic mass is 9.98. The molecule has 0 spiro atoms. The van der Waals surface area contributed by atoms with Gasteiger partial charge in [0.05, 0.1) is 5.69 Å². The first kappa shape index (κ1) is 25.8. The minimum Gasteiger partial charge on any atom is -0.445 e. The van der Waals surface area contributed by atoms with Gasteiger partial charge in [-0.2, -0.15) is 9.40 Å². The van der Waals surface area contributed by atoms with Crippen molar-refractivity contribution in [3.63, 3.8) is 0 Å². The fraction of sp³-hybridized carbons (Fsp3) is 0.643. The van der Waals surface area contributed by atoms with Gasteiger partial charge >= 0.3 is 6.09 Å². The summed E-state index contributed by atoms with van der Waals surface area (Å²) in [4.78, 5) is 15.3. The molecule has 38 heavy (non-hydrogen) atoms. The lowest BCUT2D eigenvalue weighted by Gasteiger charge is -2.34. The topological polar surface area (TPSA) is 94.0 Å². The predicted molar refractivity (Wildman–Crippen MR) is 141 cm³/mol. The molecule has 9 nitrogen and oxygen atoms in total. The van der Waals surface area contributed by atoms with Gasteiger partial charge in [0.25, 0.3) is 10.0 Å². The monoisotopic (exact) mass is 542 g/mol. The number of fused-ring (bicyclic) bond motifs is 1. The first-order valence-electron chi connectivity index (χ1n) is 14.0. The maximum Gasteiger partial charge on any atom is 0.410 e. The fourth-order valence-corrected chi connectivity index (χ4v) is 8.17. The Morgan fingerprint density at radius 2 is 1.76 bits per heavy atom. The second kappa shape index (κ2) is 10.6. The minimum atomic E-state index is -3.60. The van der Waals surface area contributed by atoms with Crippen molar-refractivity contribution in [2.75, 3.05) is 32.8 Å². The Morgan fingerprint density at radius 3 is 2.42 bits per heavy atom. The van der Waals surface area contributed by atoms with Crippen molar-refractivity contribution < 1.29 is 22.7 Å². The molecule has 4 fully saturated rings. The van der Waals surface area contributed by atoms with Crippen LogP contribution in [0.25, 0.3) is 0 Å². The van der Waals surface area contributed by atoms with Gasteiger partial charge in [0.15, 0.2) is 5.03 Å². The van der Waals surface area contributed by atoms with Crippen LogP contribution in [0, 0.1) is 17.8 Å². The average Bonchev–Trinajstić information content (AvgIpc) is 3.39. The maximum absolute atomic E-state index is 13.5. The molecular formula is C28H38N4O5S. The number of hydrogen-bond acceptors (Lipinski definition) is 6. The summed E-state index contributed by atoms with van der Waals surface area (Å²) >= 11 is 0. The van der Waals surface area contributed by atoms with Crippen molar-refractivity contribution in [3.8, 4) is 0 Å². The van der Waals surface area contributed by atoms with E-state index in [0.717, 1.165) is 63.0 Å². The SMILES string of the molecule is Cn1nc(C2CC2)cc1S(=O)(=O)N1C[C@H]2CC(N(CC3CCOCC3)C(=O)OCc3ccccc3)C[C@H]2C1. The molecular weight excluding hydrogens is 504 g/mol.